The first kappa shape index (κ1) is 12.5. The molecule has 2 aromatic heterocycles. The van der Waals surface area contributed by atoms with Crippen LogP contribution in [0.25, 0.3) is 21.9 Å². The molecule has 0 atom stereocenters. The number of aromatic nitrogens is 3. The van der Waals surface area contributed by atoms with E-state index in [1.54, 1.807) is 6.20 Å². The lowest BCUT2D eigenvalue weighted by molar-refractivity contribution is 1.04. The molecule has 0 spiro atoms. The molecule has 4 heteroatoms. The summed E-state index contributed by atoms with van der Waals surface area (Å²) >= 11 is 3.43. The van der Waals surface area contributed by atoms with E-state index >= 15 is 0 Å². The van der Waals surface area contributed by atoms with Crippen molar-refractivity contribution in [1.82, 2.24) is 15.0 Å². The van der Waals surface area contributed by atoms with Gasteiger partial charge in [-0.2, -0.15) is 0 Å². The highest BCUT2D eigenvalue weighted by Gasteiger charge is 2.07. The Balaban J connectivity index is 1.79. The van der Waals surface area contributed by atoms with Crippen LogP contribution in [-0.2, 0) is 6.42 Å². The first-order valence-corrected chi connectivity index (χ1v) is 7.56. The highest BCUT2D eigenvalue weighted by Crippen LogP contribution is 2.22. The molecule has 0 aliphatic heterocycles. The molecule has 0 saturated heterocycles. The topological polar surface area (TPSA) is 41.6 Å². The van der Waals surface area contributed by atoms with E-state index in [9.17, 15) is 0 Å². The molecular formula is C17H12BrN3. The van der Waals surface area contributed by atoms with Crippen LogP contribution in [-0.4, -0.2) is 15.0 Å². The van der Waals surface area contributed by atoms with Crippen molar-refractivity contribution in [2.45, 2.75) is 6.42 Å². The average molecular weight is 338 g/mol. The predicted octanol–water partition coefficient (Wildman–Crippen LogP) is 4.46. The van der Waals surface area contributed by atoms with Crippen molar-refractivity contribution in [2.24, 2.45) is 0 Å². The minimum absolute atomic E-state index is 0.758. The highest BCUT2D eigenvalue weighted by atomic mass is 79.9. The molecule has 102 valence electrons. The summed E-state index contributed by atoms with van der Waals surface area (Å²) in [6, 6.07) is 16.8. The summed E-state index contributed by atoms with van der Waals surface area (Å²) in [5.74, 6) is 0.937. The molecule has 0 aliphatic carbocycles. The number of benzene rings is 2. The fourth-order valence-electron chi connectivity index (χ4n) is 2.64. The van der Waals surface area contributed by atoms with Crippen LogP contribution in [0, 0.1) is 0 Å². The molecule has 0 radical (unpaired) electrons. The average Bonchev–Trinajstić information content (AvgIpc) is 2.89. The van der Waals surface area contributed by atoms with Gasteiger partial charge in [-0.25, -0.2) is 9.97 Å². The van der Waals surface area contributed by atoms with E-state index in [0.717, 1.165) is 27.9 Å². The number of imidazole rings is 1. The zero-order valence-corrected chi connectivity index (χ0v) is 12.8. The molecule has 3 nitrogen and oxygen atoms in total. The Bertz CT molecular complexity index is 938. The van der Waals surface area contributed by atoms with E-state index in [0.29, 0.717) is 0 Å². The number of hydrogen-bond donors (Lipinski definition) is 1. The van der Waals surface area contributed by atoms with Crippen LogP contribution in [0.3, 0.4) is 0 Å². The normalized spacial score (nSPS) is 11.3. The van der Waals surface area contributed by atoms with E-state index in [-0.39, 0.29) is 0 Å². The molecule has 0 unspecified atom stereocenters. The lowest BCUT2D eigenvalue weighted by atomic mass is 10.0. The lowest BCUT2D eigenvalue weighted by Gasteiger charge is -2.04. The second-order valence-corrected chi connectivity index (χ2v) is 5.94. The van der Waals surface area contributed by atoms with Crippen molar-refractivity contribution < 1.29 is 0 Å². The Morgan fingerprint density at radius 1 is 1.05 bits per heavy atom. The third-order valence-corrected chi connectivity index (χ3v) is 4.02. The molecule has 4 aromatic rings. The van der Waals surface area contributed by atoms with E-state index in [1.807, 2.05) is 6.07 Å². The summed E-state index contributed by atoms with van der Waals surface area (Å²) in [7, 11) is 0. The highest BCUT2D eigenvalue weighted by molar-refractivity contribution is 9.10. The van der Waals surface area contributed by atoms with Gasteiger partial charge >= 0.3 is 0 Å². The van der Waals surface area contributed by atoms with Crippen LogP contribution in [0.4, 0.5) is 0 Å². The number of nitrogens with one attached hydrogen (secondary N) is 1. The van der Waals surface area contributed by atoms with Gasteiger partial charge in [0.1, 0.15) is 5.82 Å². The SMILES string of the molecule is Brc1cnc2nc(Cc3cccc4ccccc34)[nH]c2c1. The van der Waals surface area contributed by atoms with Crippen molar-refractivity contribution >= 4 is 37.9 Å². The number of nitrogens with zero attached hydrogens (tertiary/aromatic N) is 2. The number of hydrogen-bond acceptors (Lipinski definition) is 2. The Morgan fingerprint density at radius 2 is 1.90 bits per heavy atom. The molecule has 0 saturated carbocycles. The zero-order chi connectivity index (χ0) is 14.2. The maximum Gasteiger partial charge on any atom is 0.177 e. The molecular weight excluding hydrogens is 326 g/mol. The van der Waals surface area contributed by atoms with Gasteiger partial charge in [-0.15, -0.1) is 0 Å². The number of pyridine rings is 1. The largest absolute Gasteiger partial charge is 0.340 e. The van der Waals surface area contributed by atoms with Crippen LogP contribution in [0.2, 0.25) is 0 Å². The Labute approximate surface area is 130 Å². The molecule has 2 aromatic carbocycles. The summed E-state index contributed by atoms with van der Waals surface area (Å²) in [6.07, 6.45) is 2.54. The Morgan fingerprint density at radius 3 is 2.86 bits per heavy atom. The van der Waals surface area contributed by atoms with E-state index < -0.39 is 0 Å². The van der Waals surface area contributed by atoms with Crippen molar-refractivity contribution in [2.75, 3.05) is 0 Å². The molecule has 0 aliphatic rings. The molecule has 21 heavy (non-hydrogen) atoms. The maximum atomic E-state index is 4.57. The standard InChI is InChI=1S/C17H12BrN3/c18-13-9-15-17(19-10-13)21-16(20-15)8-12-6-3-5-11-4-1-2-7-14(11)12/h1-7,9-10H,8H2,(H,19,20,21). The van der Waals surface area contributed by atoms with Crippen molar-refractivity contribution in [3.05, 3.63) is 70.6 Å². The second kappa shape index (κ2) is 4.97. The lowest BCUT2D eigenvalue weighted by Crippen LogP contribution is -1.92. The van der Waals surface area contributed by atoms with Gasteiger partial charge in [0.05, 0.1) is 5.52 Å². The number of fused-ring (bicyclic) bond motifs is 2. The summed E-state index contributed by atoms with van der Waals surface area (Å²) < 4.78 is 0.954. The zero-order valence-electron chi connectivity index (χ0n) is 11.2. The first-order chi connectivity index (χ1) is 10.3. The summed E-state index contributed by atoms with van der Waals surface area (Å²) in [4.78, 5) is 12.2. The number of halogens is 1. The second-order valence-electron chi connectivity index (χ2n) is 5.02. The molecule has 0 amide bonds. The van der Waals surface area contributed by atoms with Crippen LogP contribution in [0.1, 0.15) is 11.4 Å². The van der Waals surface area contributed by atoms with Crippen LogP contribution >= 0.6 is 15.9 Å². The van der Waals surface area contributed by atoms with Gasteiger partial charge in [0, 0.05) is 17.1 Å². The van der Waals surface area contributed by atoms with Crippen molar-refractivity contribution in [3.63, 3.8) is 0 Å². The maximum absolute atomic E-state index is 4.57. The Kier molecular flexibility index (Phi) is 2.97. The van der Waals surface area contributed by atoms with Gasteiger partial charge in [0.25, 0.3) is 0 Å². The van der Waals surface area contributed by atoms with Gasteiger partial charge in [-0.05, 0) is 38.3 Å². The van der Waals surface area contributed by atoms with Crippen LogP contribution in [0.15, 0.2) is 59.2 Å². The number of aromatic amines is 1. The van der Waals surface area contributed by atoms with Gasteiger partial charge in [-0.1, -0.05) is 42.5 Å². The fraction of sp³-hybridized carbons (Fsp3) is 0.0588. The van der Waals surface area contributed by atoms with Gasteiger partial charge in [0.2, 0.25) is 0 Å². The van der Waals surface area contributed by atoms with Crippen LogP contribution in [0.5, 0.6) is 0 Å². The smallest absolute Gasteiger partial charge is 0.177 e. The summed E-state index contributed by atoms with van der Waals surface area (Å²) in [5.41, 5.74) is 2.99. The third-order valence-electron chi connectivity index (χ3n) is 3.59. The number of rotatable bonds is 2. The fourth-order valence-corrected chi connectivity index (χ4v) is 2.97. The van der Waals surface area contributed by atoms with Gasteiger partial charge in [0.15, 0.2) is 5.65 Å². The molecule has 0 bridgehead atoms. The monoisotopic (exact) mass is 337 g/mol. The minimum Gasteiger partial charge on any atom is -0.340 e. The Hall–Kier alpha value is -2.20. The third kappa shape index (κ3) is 2.32. The van der Waals surface area contributed by atoms with E-state index in [4.69, 9.17) is 0 Å². The van der Waals surface area contributed by atoms with Crippen molar-refractivity contribution in [3.8, 4) is 0 Å². The molecule has 4 rings (SSSR count). The van der Waals surface area contributed by atoms with E-state index in [2.05, 4.69) is 73.3 Å². The van der Waals surface area contributed by atoms with Crippen LogP contribution < -0.4 is 0 Å². The minimum atomic E-state index is 0.758. The molecule has 1 N–H and O–H groups in total. The predicted molar refractivity (Wildman–Crippen MR) is 88.3 cm³/mol. The van der Waals surface area contributed by atoms with E-state index in [1.165, 1.54) is 16.3 Å². The molecule has 0 fully saturated rings. The first-order valence-electron chi connectivity index (χ1n) is 6.76. The van der Waals surface area contributed by atoms with Gasteiger partial charge in [-0.3, -0.25) is 0 Å². The summed E-state index contributed by atoms with van der Waals surface area (Å²) in [6.45, 7) is 0. The summed E-state index contributed by atoms with van der Waals surface area (Å²) in [5, 5.41) is 2.53. The molecule has 2 heterocycles. The number of H-pyrrole nitrogens is 1. The quantitative estimate of drug-likeness (QED) is 0.586. The van der Waals surface area contributed by atoms with Gasteiger partial charge < -0.3 is 4.98 Å². The van der Waals surface area contributed by atoms with Crippen molar-refractivity contribution in [1.29, 1.82) is 0 Å².